The monoisotopic (exact) mass is 327 g/mol. The lowest BCUT2D eigenvalue weighted by Gasteiger charge is -2.09. The highest BCUT2D eigenvalue weighted by atomic mass is 32.3. The maximum absolute atomic E-state index is 11.7. The summed E-state index contributed by atoms with van der Waals surface area (Å²) in [6.45, 7) is 0. The fourth-order valence-corrected chi connectivity index (χ4v) is 3.95. The molecule has 1 aliphatic heterocycles. The van der Waals surface area contributed by atoms with Crippen molar-refractivity contribution < 1.29 is 25.2 Å². The quantitative estimate of drug-likeness (QED) is 0.781. The van der Waals surface area contributed by atoms with E-state index in [9.17, 15) is 16.8 Å². The second-order valence-electron chi connectivity index (χ2n) is 4.15. The smallest absolute Gasteiger partial charge is 0.370 e. The minimum Gasteiger partial charge on any atom is -0.370 e. The zero-order valence-electron chi connectivity index (χ0n) is 10.4. The van der Waals surface area contributed by atoms with E-state index in [2.05, 4.69) is 0 Å². The average Bonchev–Trinajstić information content (AvgIpc) is 2.40. The summed E-state index contributed by atoms with van der Waals surface area (Å²) in [5.74, 6) is -0.00343. The Morgan fingerprint density at radius 3 is 1.48 bits per heavy atom. The highest BCUT2D eigenvalue weighted by molar-refractivity contribution is 8.00. The summed E-state index contributed by atoms with van der Waals surface area (Å²) in [7, 11) is -9.14. The predicted octanol–water partition coefficient (Wildman–Crippen LogP) is 1.20. The standard InChI is InChI=1S/C12H9NO6S2/c14-20(15)13-21(16,17)19-12-8-4-2-6-10(12)9-5-1-3-7-11(9)18-20/h1-8,13H. The van der Waals surface area contributed by atoms with Gasteiger partial charge in [0.05, 0.1) is 0 Å². The molecule has 110 valence electrons. The van der Waals surface area contributed by atoms with Gasteiger partial charge in [-0.15, -0.1) is 0 Å². The molecular weight excluding hydrogens is 318 g/mol. The van der Waals surface area contributed by atoms with Crippen LogP contribution in [0.1, 0.15) is 0 Å². The number of para-hydroxylation sites is 2. The number of benzene rings is 2. The van der Waals surface area contributed by atoms with Crippen molar-refractivity contribution in [2.75, 3.05) is 0 Å². The first-order chi connectivity index (χ1) is 9.86. The number of rotatable bonds is 0. The Morgan fingerprint density at radius 1 is 0.667 bits per heavy atom. The highest BCUT2D eigenvalue weighted by Crippen LogP contribution is 2.37. The maximum atomic E-state index is 11.7. The number of hydrogen-bond donors (Lipinski definition) is 1. The Balaban J connectivity index is 2.32. The number of nitrogens with one attached hydrogen (secondary N) is 1. The summed E-state index contributed by atoms with van der Waals surface area (Å²) in [6, 6.07) is 12.5. The van der Waals surface area contributed by atoms with Crippen LogP contribution in [0.2, 0.25) is 0 Å². The second-order valence-corrected chi connectivity index (χ2v) is 6.97. The van der Waals surface area contributed by atoms with Gasteiger partial charge in [0.15, 0.2) is 11.5 Å². The molecule has 0 fully saturated rings. The minimum absolute atomic E-state index is 0.00171. The van der Waals surface area contributed by atoms with Gasteiger partial charge in [-0.25, -0.2) is 0 Å². The molecule has 0 saturated heterocycles. The Kier molecular flexibility index (Phi) is 3.12. The van der Waals surface area contributed by atoms with Gasteiger partial charge in [0, 0.05) is 11.1 Å². The molecule has 0 atom stereocenters. The molecule has 1 aliphatic rings. The summed E-state index contributed by atoms with van der Waals surface area (Å²) in [5.41, 5.74) is 0.797. The Labute approximate surface area is 121 Å². The van der Waals surface area contributed by atoms with Gasteiger partial charge in [0.2, 0.25) is 0 Å². The van der Waals surface area contributed by atoms with Crippen LogP contribution in [0.3, 0.4) is 0 Å². The van der Waals surface area contributed by atoms with Crippen molar-refractivity contribution in [2.45, 2.75) is 0 Å². The lowest BCUT2D eigenvalue weighted by atomic mass is 10.0. The minimum atomic E-state index is -4.57. The molecule has 2 aromatic rings. The van der Waals surface area contributed by atoms with Crippen LogP contribution in [0.15, 0.2) is 48.5 Å². The van der Waals surface area contributed by atoms with Gasteiger partial charge in [-0.2, -0.15) is 16.8 Å². The fraction of sp³-hybridized carbons (Fsp3) is 0. The van der Waals surface area contributed by atoms with Crippen molar-refractivity contribution in [3.05, 3.63) is 48.5 Å². The van der Waals surface area contributed by atoms with E-state index in [-0.39, 0.29) is 11.5 Å². The maximum Gasteiger partial charge on any atom is 0.398 e. The first-order valence-electron chi connectivity index (χ1n) is 5.72. The SMILES string of the molecule is O=S1(=O)NS(=O)(=O)Oc2ccccc2-c2ccccc2O1. The van der Waals surface area contributed by atoms with E-state index in [0.717, 1.165) is 0 Å². The Morgan fingerprint density at radius 2 is 1.05 bits per heavy atom. The van der Waals surface area contributed by atoms with Crippen molar-refractivity contribution in [1.82, 2.24) is 4.13 Å². The third-order valence-electron chi connectivity index (χ3n) is 2.67. The van der Waals surface area contributed by atoms with E-state index in [1.165, 1.54) is 16.3 Å². The second kappa shape index (κ2) is 4.72. The van der Waals surface area contributed by atoms with E-state index < -0.39 is 20.6 Å². The zero-order valence-corrected chi connectivity index (χ0v) is 12.0. The average molecular weight is 327 g/mol. The van der Waals surface area contributed by atoms with E-state index in [0.29, 0.717) is 11.1 Å². The number of hydrogen-bond acceptors (Lipinski definition) is 6. The summed E-state index contributed by atoms with van der Waals surface area (Å²) >= 11 is 0. The molecule has 0 bridgehead atoms. The molecule has 0 amide bonds. The molecule has 0 radical (unpaired) electrons. The summed E-state index contributed by atoms with van der Waals surface area (Å²) in [4.78, 5) is 0. The van der Waals surface area contributed by atoms with Crippen molar-refractivity contribution >= 4 is 20.6 Å². The molecule has 0 saturated carbocycles. The van der Waals surface area contributed by atoms with Gasteiger partial charge < -0.3 is 8.37 Å². The van der Waals surface area contributed by atoms with Gasteiger partial charge in [0.1, 0.15) is 0 Å². The van der Waals surface area contributed by atoms with Crippen LogP contribution in [0, 0.1) is 0 Å². The topological polar surface area (TPSA) is 98.8 Å². The van der Waals surface area contributed by atoms with Crippen LogP contribution in [0.5, 0.6) is 11.5 Å². The zero-order chi connectivity index (χ0) is 15.1. The van der Waals surface area contributed by atoms with Crippen LogP contribution in [-0.2, 0) is 20.6 Å². The lowest BCUT2D eigenvalue weighted by Crippen LogP contribution is -2.36. The van der Waals surface area contributed by atoms with Crippen LogP contribution in [0.25, 0.3) is 11.1 Å². The van der Waals surface area contributed by atoms with E-state index >= 15 is 0 Å². The van der Waals surface area contributed by atoms with Crippen molar-refractivity contribution in [2.24, 2.45) is 0 Å². The van der Waals surface area contributed by atoms with Gasteiger partial charge >= 0.3 is 20.6 Å². The molecule has 3 rings (SSSR count). The molecule has 0 aromatic heterocycles. The summed E-state index contributed by atoms with van der Waals surface area (Å²) in [6.07, 6.45) is 0. The molecule has 0 unspecified atom stereocenters. The highest BCUT2D eigenvalue weighted by Gasteiger charge is 2.29. The van der Waals surface area contributed by atoms with Gasteiger partial charge in [-0.05, 0) is 16.3 Å². The molecule has 1 N–H and O–H groups in total. The predicted molar refractivity (Wildman–Crippen MR) is 74.1 cm³/mol. The number of fused-ring (bicyclic) bond motifs is 3. The van der Waals surface area contributed by atoms with Crippen molar-refractivity contribution in [3.63, 3.8) is 0 Å². The van der Waals surface area contributed by atoms with E-state index in [1.807, 2.05) is 0 Å². The molecule has 21 heavy (non-hydrogen) atoms. The molecule has 9 heteroatoms. The van der Waals surface area contributed by atoms with Crippen LogP contribution in [0.4, 0.5) is 0 Å². The summed E-state index contributed by atoms with van der Waals surface area (Å²) < 4.78 is 57.8. The van der Waals surface area contributed by atoms with Crippen LogP contribution in [-0.4, -0.2) is 16.8 Å². The molecule has 2 aromatic carbocycles. The first-order valence-corrected chi connectivity index (χ1v) is 8.54. The molecule has 0 spiro atoms. The Bertz CT molecular complexity index is 829. The fourth-order valence-electron chi connectivity index (χ4n) is 1.92. The Hall–Kier alpha value is -2.10. The van der Waals surface area contributed by atoms with E-state index in [4.69, 9.17) is 8.37 Å². The third-order valence-corrected chi connectivity index (χ3v) is 5.10. The van der Waals surface area contributed by atoms with Crippen molar-refractivity contribution in [1.29, 1.82) is 0 Å². The largest absolute Gasteiger partial charge is 0.398 e. The van der Waals surface area contributed by atoms with Gasteiger partial charge in [-0.1, -0.05) is 36.4 Å². The first kappa shape index (κ1) is 13.9. The van der Waals surface area contributed by atoms with Gasteiger partial charge in [-0.3, -0.25) is 0 Å². The van der Waals surface area contributed by atoms with Crippen molar-refractivity contribution in [3.8, 4) is 22.6 Å². The van der Waals surface area contributed by atoms with E-state index in [1.54, 1.807) is 36.4 Å². The molecule has 1 heterocycles. The molecule has 7 nitrogen and oxygen atoms in total. The molecule has 0 aliphatic carbocycles. The molecular formula is C12H9NO6S2. The van der Waals surface area contributed by atoms with Crippen LogP contribution < -0.4 is 12.5 Å². The normalized spacial score (nSPS) is 18.7. The van der Waals surface area contributed by atoms with Crippen LogP contribution >= 0.6 is 0 Å². The third kappa shape index (κ3) is 2.84. The van der Waals surface area contributed by atoms with Gasteiger partial charge in [0.25, 0.3) is 0 Å². The lowest BCUT2D eigenvalue weighted by molar-refractivity contribution is 0.464. The summed E-state index contributed by atoms with van der Waals surface area (Å²) in [5, 5.41) is 0.